The Balaban J connectivity index is 4.11. The van der Waals surface area contributed by atoms with Crippen LogP contribution in [-0.2, 0) is 4.74 Å². The van der Waals surface area contributed by atoms with E-state index in [1.807, 2.05) is 26.1 Å². The predicted molar refractivity (Wildman–Crippen MR) is 76.6 cm³/mol. The van der Waals surface area contributed by atoms with E-state index < -0.39 is 0 Å². The average molecular weight is 237 g/mol. The van der Waals surface area contributed by atoms with Crippen LogP contribution in [0.1, 0.15) is 53.4 Å². The fourth-order valence-electron chi connectivity index (χ4n) is 1.40. The Morgan fingerprint density at radius 3 is 2.47 bits per heavy atom. The first-order valence-electron chi connectivity index (χ1n) is 6.67. The summed E-state index contributed by atoms with van der Waals surface area (Å²) >= 11 is 0. The quantitative estimate of drug-likeness (QED) is 0.426. The number of hydrogen-bond donors (Lipinski definition) is 0. The lowest BCUT2D eigenvalue weighted by molar-refractivity contribution is 0.137. The highest BCUT2D eigenvalue weighted by atomic mass is 16.5. The van der Waals surface area contributed by atoms with Crippen LogP contribution in [0.3, 0.4) is 0 Å². The minimum atomic E-state index is 0.829. The molecule has 2 nitrogen and oxygen atoms in total. The first-order valence-corrected chi connectivity index (χ1v) is 6.67. The first kappa shape index (κ1) is 16.1. The van der Waals surface area contributed by atoms with Crippen LogP contribution in [0.5, 0.6) is 0 Å². The molecular formula is C15H27NO. The highest BCUT2D eigenvalue weighted by molar-refractivity contribution is 5.73. The summed E-state index contributed by atoms with van der Waals surface area (Å²) in [6, 6.07) is 0. The van der Waals surface area contributed by atoms with E-state index in [0.717, 1.165) is 38.2 Å². The third-order valence-corrected chi connectivity index (χ3v) is 2.49. The van der Waals surface area contributed by atoms with Gasteiger partial charge in [-0.05, 0) is 39.2 Å². The van der Waals surface area contributed by atoms with E-state index in [2.05, 4.69) is 24.9 Å². The summed E-state index contributed by atoms with van der Waals surface area (Å²) in [4.78, 5) is 4.33. The fourth-order valence-corrected chi connectivity index (χ4v) is 1.40. The van der Waals surface area contributed by atoms with Crippen molar-refractivity contribution in [1.29, 1.82) is 0 Å². The van der Waals surface area contributed by atoms with Crippen molar-refractivity contribution in [3.63, 3.8) is 0 Å². The van der Waals surface area contributed by atoms with Gasteiger partial charge in [-0.15, -0.1) is 0 Å². The van der Waals surface area contributed by atoms with E-state index in [4.69, 9.17) is 4.74 Å². The zero-order chi connectivity index (χ0) is 12.9. The Morgan fingerprint density at radius 1 is 1.12 bits per heavy atom. The molecule has 0 atom stereocenters. The molecule has 0 fully saturated rings. The molecule has 98 valence electrons. The van der Waals surface area contributed by atoms with Crippen molar-refractivity contribution in [3.05, 3.63) is 23.4 Å². The van der Waals surface area contributed by atoms with Gasteiger partial charge in [-0.1, -0.05) is 31.9 Å². The standard InChI is InChI=1S/C15H27NO/c1-5-8-15(10-13-17-12-6-2)9-11-16-14(4)7-3/h7,9,11H,5-6,8,10,12-13H2,1-4H3/b14-7+,15-9+,16-11-. The molecular weight excluding hydrogens is 210 g/mol. The van der Waals surface area contributed by atoms with Crippen LogP contribution in [0.15, 0.2) is 28.4 Å². The van der Waals surface area contributed by atoms with E-state index >= 15 is 0 Å². The van der Waals surface area contributed by atoms with Gasteiger partial charge in [0.05, 0.1) is 6.61 Å². The molecule has 0 saturated heterocycles. The van der Waals surface area contributed by atoms with Crippen molar-refractivity contribution in [3.8, 4) is 0 Å². The van der Waals surface area contributed by atoms with Crippen LogP contribution in [0, 0.1) is 0 Å². The summed E-state index contributed by atoms with van der Waals surface area (Å²) in [6.45, 7) is 10.0. The number of hydrogen-bond acceptors (Lipinski definition) is 2. The molecule has 0 saturated carbocycles. The second-order valence-electron chi connectivity index (χ2n) is 4.15. The van der Waals surface area contributed by atoms with Crippen molar-refractivity contribution >= 4 is 6.21 Å². The number of aliphatic imine (C=N–C) groups is 1. The molecule has 0 aliphatic carbocycles. The molecule has 2 heteroatoms. The van der Waals surface area contributed by atoms with Gasteiger partial charge in [0.1, 0.15) is 0 Å². The van der Waals surface area contributed by atoms with Gasteiger partial charge in [0.25, 0.3) is 0 Å². The molecule has 0 unspecified atom stereocenters. The Kier molecular flexibility index (Phi) is 11.0. The highest BCUT2D eigenvalue weighted by Gasteiger charge is 1.95. The maximum Gasteiger partial charge on any atom is 0.0503 e. The molecule has 0 amide bonds. The molecule has 0 aliphatic heterocycles. The lowest BCUT2D eigenvalue weighted by Gasteiger charge is -2.05. The lowest BCUT2D eigenvalue weighted by Crippen LogP contribution is -1.98. The maximum atomic E-state index is 5.51. The SMILES string of the molecule is C/C=C(C)/N=C\C=C(/CCC)CCOCCC. The first-order chi connectivity index (χ1) is 8.24. The summed E-state index contributed by atoms with van der Waals surface area (Å²) in [7, 11) is 0. The third kappa shape index (κ3) is 10.0. The number of allylic oxidation sites excluding steroid dienone is 3. The van der Waals surface area contributed by atoms with Gasteiger partial charge < -0.3 is 4.74 Å². The van der Waals surface area contributed by atoms with Gasteiger partial charge in [0.15, 0.2) is 0 Å². The van der Waals surface area contributed by atoms with E-state index in [1.165, 1.54) is 12.0 Å². The van der Waals surface area contributed by atoms with Crippen molar-refractivity contribution in [2.45, 2.75) is 53.4 Å². The van der Waals surface area contributed by atoms with Crippen LogP contribution in [0.4, 0.5) is 0 Å². The van der Waals surface area contributed by atoms with Crippen LogP contribution in [0.2, 0.25) is 0 Å². The molecule has 0 aromatic carbocycles. The summed E-state index contributed by atoms with van der Waals surface area (Å²) < 4.78 is 5.51. The molecule has 0 aromatic rings. The zero-order valence-electron chi connectivity index (χ0n) is 11.8. The Labute approximate surface area is 106 Å². The van der Waals surface area contributed by atoms with E-state index in [-0.39, 0.29) is 0 Å². The van der Waals surface area contributed by atoms with Gasteiger partial charge in [-0.2, -0.15) is 0 Å². The molecule has 0 N–H and O–H groups in total. The molecule has 0 rings (SSSR count). The van der Waals surface area contributed by atoms with Gasteiger partial charge in [-0.3, -0.25) is 4.99 Å². The lowest BCUT2D eigenvalue weighted by atomic mass is 10.1. The van der Waals surface area contributed by atoms with E-state index in [1.54, 1.807) is 0 Å². The molecule has 0 spiro atoms. The second-order valence-corrected chi connectivity index (χ2v) is 4.15. The van der Waals surface area contributed by atoms with Crippen molar-refractivity contribution in [1.82, 2.24) is 0 Å². The Bertz CT molecular complexity index is 264. The molecule has 0 bridgehead atoms. The topological polar surface area (TPSA) is 21.6 Å². The van der Waals surface area contributed by atoms with Crippen molar-refractivity contribution < 1.29 is 4.74 Å². The smallest absolute Gasteiger partial charge is 0.0503 e. The maximum absolute atomic E-state index is 5.51. The molecule has 0 radical (unpaired) electrons. The fraction of sp³-hybridized carbons (Fsp3) is 0.667. The Hall–Kier alpha value is -0.890. The summed E-state index contributed by atoms with van der Waals surface area (Å²) in [5, 5.41) is 0. The molecule has 17 heavy (non-hydrogen) atoms. The summed E-state index contributed by atoms with van der Waals surface area (Å²) in [5.41, 5.74) is 2.48. The van der Waals surface area contributed by atoms with Gasteiger partial charge in [0, 0.05) is 18.5 Å². The molecule has 0 aliphatic rings. The summed E-state index contributed by atoms with van der Waals surface area (Å²) in [6.07, 6.45) is 10.5. The average Bonchev–Trinajstić information content (AvgIpc) is 2.34. The molecule has 0 aromatic heterocycles. The number of nitrogens with zero attached hydrogens (tertiary/aromatic N) is 1. The van der Waals surface area contributed by atoms with Crippen LogP contribution in [0.25, 0.3) is 0 Å². The Morgan fingerprint density at radius 2 is 1.88 bits per heavy atom. The van der Waals surface area contributed by atoms with Crippen molar-refractivity contribution in [2.75, 3.05) is 13.2 Å². The zero-order valence-corrected chi connectivity index (χ0v) is 11.8. The highest BCUT2D eigenvalue weighted by Crippen LogP contribution is 2.09. The van der Waals surface area contributed by atoms with Crippen LogP contribution in [-0.4, -0.2) is 19.4 Å². The normalized spacial score (nSPS) is 13.6. The minimum Gasteiger partial charge on any atom is -0.381 e. The molecule has 0 heterocycles. The van der Waals surface area contributed by atoms with E-state index in [0.29, 0.717) is 0 Å². The van der Waals surface area contributed by atoms with Crippen LogP contribution < -0.4 is 0 Å². The third-order valence-electron chi connectivity index (χ3n) is 2.49. The number of rotatable bonds is 9. The van der Waals surface area contributed by atoms with Gasteiger partial charge in [-0.25, -0.2) is 0 Å². The summed E-state index contributed by atoms with van der Waals surface area (Å²) in [5.74, 6) is 0. The largest absolute Gasteiger partial charge is 0.381 e. The predicted octanol–water partition coefficient (Wildman–Crippen LogP) is 4.52. The van der Waals surface area contributed by atoms with Gasteiger partial charge in [0.2, 0.25) is 0 Å². The van der Waals surface area contributed by atoms with Crippen LogP contribution >= 0.6 is 0 Å². The minimum absolute atomic E-state index is 0.829. The van der Waals surface area contributed by atoms with E-state index in [9.17, 15) is 0 Å². The monoisotopic (exact) mass is 237 g/mol. The van der Waals surface area contributed by atoms with Crippen molar-refractivity contribution in [2.24, 2.45) is 4.99 Å². The van der Waals surface area contributed by atoms with Gasteiger partial charge >= 0.3 is 0 Å². The number of ether oxygens (including phenoxy) is 1. The second kappa shape index (κ2) is 11.6.